The molecule has 2 N–H and O–H groups in total. The fraction of sp³-hybridized carbons (Fsp3) is 0.400. The number of hydrogen-bond acceptors (Lipinski definition) is 4. The second-order valence-electron chi connectivity index (χ2n) is 6.67. The Bertz CT molecular complexity index is 819. The highest BCUT2D eigenvalue weighted by Crippen LogP contribution is 2.20. The lowest BCUT2D eigenvalue weighted by Crippen LogP contribution is -2.41. The molecule has 1 aromatic heterocycles. The Balaban J connectivity index is 0.00000300. The van der Waals surface area contributed by atoms with Gasteiger partial charge in [0.05, 0.1) is 12.7 Å². The number of nitrogens with zero attached hydrogens (tertiary/aromatic N) is 3. The second-order valence-corrected chi connectivity index (χ2v) is 7.51. The zero-order valence-electron chi connectivity index (χ0n) is 16.5. The van der Waals surface area contributed by atoms with Crippen molar-refractivity contribution in [3.05, 3.63) is 57.7 Å². The first-order valence-corrected chi connectivity index (χ1v) is 10.0. The molecule has 1 atom stereocenters. The number of ether oxygens (including phenoxy) is 1. The molecule has 9 heteroatoms. The largest absolute Gasteiger partial charge is 0.375 e. The van der Waals surface area contributed by atoms with Crippen molar-refractivity contribution in [2.45, 2.75) is 26.1 Å². The molecule has 3 rings (SSSR count). The van der Waals surface area contributed by atoms with E-state index in [1.165, 1.54) is 0 Å². The van der Waals surface area contributed by atoms with E-state index in [1.807, 2.05) is 18.3 Å². The van der Waals surface area contributed by atoms with Crippen LogP contribution in [-0.4, -0.2) is 43.8 Å². The highest BCUT2D eigenvalue weighted by molar-refractivity contribution is 14.0. The number of rotatable bonds is 5. The van der Waals surface area contributed by atoms with Crippen molar-refractivity contribution in [1.82, 2.24) is 15.6 Å². The lowest BCUT2D eigenvalue weighted by atomic mass is 10.2. The first-order valence-electron chi connectivity index (χ1n) is 9.25. The van der Waals surface area contributed by atoms with Crippen LogP contribution in [0.15, 0.2) is 41.5 Å². The molecule has 0 spiro atoms. The molecular formula is C20H26Cl2IN5O. The molecule has 1 saturated heterocycles. The minimum absolute atomic E-state index is 0. The monoisotopic (exact) mass is 549 g/mol. The fourth-order valence-corrected chi connectivity index (χ4v) is 3.46. The number of aliphatic imine (C=N–C) groups is 1. The lowest BCUT2D eigenvalue weighted by Gasteiger charge is -2.32. The van der Waals surface area contributed by atoms with Gasteiger partial charge in [-0.1, -0.05) is 35.3 Å². The predicted molar refractivity (Wildman–Crippen MR) is 131 cm³/mol. The summed E-state index contributed by atoms with van der Waals surface area (Å²) in [5.41, 5.74) is 2.04. The van der Waals surface area contributed by atoms with Crippen LogP contribution in [0.1, 0.15) is 18.1 Å². The third-order valence-electron chi connectivity index (χ3n) is 4.52. The van der Waals surface area contributed by atoms with Crippen LogP contribution in [0.4, 0.5) is 5.82 Å². The summed E-state index contributed by atoms with van der Waals surface area (Å²) in [6.45, 7) is 5.75. The number of morpholine rings is 1. The van der Waals surface area contributed by atoms with Gasteiger partial charge in [0, 0.05) is 49.5 Å². The molecule has 1 aromatic carbocycles. The van der Waals surface area contributed by atoms with Crippen LogP contribution in [0, 0.1) is 0 Å². The molecule has 0 aliphatic carbocycles. The first-order chi connectivity index (χ1) is 13.5. The van der Waals surface area contributed by atoms with Crippen molar-refractivity contribution in [1.29, 1.82) is 0 Å². The van der Waals surface area contributed by atoms with Crippen LogP contribution in [-0.2, 0) is 17.8 Å². The van der Waals surface area contributed by atoms with Gasteiger partial charge in [-0.15, -0.1) is 24.0 Å². The number of benzene rings is 1. The molecule has 2 aromatic rings. The molecule has 0 bridgehead atoms. The highest BCUT2D eigenvalue weighted by atomic mass is 127. The summed E-state index contributed by atoms with van der Waals surface area (Å²) < 4.78 is 5.58. The molecule has 0 radical (unpaired) electrons. The maximum Gasteiger partial charge on any atom is 0.191 e. The minimum atomic E-state index is 0. The van der Waals surface area contributed by atoms with Crippen molar-refractivity contribution in [3.8, 4) is 0 Å². The normalized spacial score (nSPS) is 16.9. The van der Waals surface area contributed by atoms with Crippen LogP contribution >= 0.6 is 47.2 Å². The molecule has 1 fully saturated rings. The summed E-state index contributed by atoms with van der Waals surface area (Å²) in [7, 11) is 1.74. The number of anilines is 1. The van der Waals surface area contributed by atoms with E-state index in [9.17, 15) is 0 Å². The van der Waals surface area contributed by atoms with E-state index in [-0.39, 0.29) is 30.1 Å². The topological polar surface area (TPSA) is 61.8 Å². The van der Waals surface area contributed by atoms with E-state index < -0.39 is 0 Å². The van der Waals surface area contributed by atoms with Gasteiger partial charge in [0.15, 0.2) is 5.96 Å². The Labute approximate surface area is 199 Å². The van der Waals surface area contributed by atoms with E-state index in [1.54, 1.807) is 13.1 Å². The molecule has 29 heavy (non-hydrogen) atoms. The fourth-order valence-electron chi connectivity index (χ4n) is 2.99. The van der Waals surface area contributed by atoms with Gasteiger partial charge in [-0.25, -0.2) is 4.98 Å². The van der Waals surface area contributed by atoms with Crippen molar-refractivity contribution in [2.24, 2.45) is 4.99 Å². The van der Waals surface area contributed by atoms with E-state index in [2.05, 4.69) is 44.6 Å². The summed E-state index contributed by atoms with van der Waals surface area (Å²) in [5.74, 6) is 1.68. The van der Waals surface area contributed by atoms with Gasteiger partial charge in [0.1, 0.15) is 5.82 Å². The number of pyridine rings is 1. The molecule has 158 valence electrons. The summed E-state index contributed by atoms with van der Waals surface area (Å²) in [6.07, 6.45) is 2.13. The summed E-state index contributed by atoms with van der Waals surface area (Å²) in [4.78, 5) is 11.1. The second kappa shape index (κ2) is 11.8. The van der Waals surface area contributed by atoms with E-state index in [0.29, 0.717) is 29.1 Å². The number of guanidine groups is 1. The molecule has 1 aliphatic rings. The van der Waals surface area contributed by atoms with Gasteiger partial charge in [-0.2, -0.15) is 0 Å². The Hall–Kier alpha value is -1.29. The maximum atomic E-state index is 6.21. The van der Waals surface area contributed by atoms with E-state index in [4.69, 9.17) is 27.9 Å². The third-order valence-corrected chi connectivity index (χ3v) is 5.11. The van der Waals surface area contributed by atoms with Gasteiger partial charge in [0.2, 0.25) is 0 Å². The Morgan fingerprint density at radius 1 is 1.24 bits per heavy atom. The number of hydrogen-bond donors (Lipinski definition) is 2. The quantitative estimate of drug-likeness (QED) is 0.334. The maximum absolute atomic E-state index is 6.21. The zero-order valence-corrected chi connectivity index (χ0v) is 20.3. The molecule has 2 heterocycles. The van der Waals surface area contributed by atoms with Crippen molar-refractivity contribution in [2.75, 3.05) is 31.6 Å². The summed E-state index contributed by atoms with van der Waals surface area (Å²) >= 11 is 12.1. The Morgan fingerprint density at radius 3 is 2.69 bits per heavy atom. The molecule has 0 amide bonds. The van der Waals surface area contributed by atoms with Crippen molar-refractivity contribution in [3.63, 3.8) is 0 Å². The smallest absolute Gasteiger partial charge is 0.191 e. The number of nitrogens with one attached hydrogen (secondary N) is 2. The molecule has 6 nitrogen and oxygen atoms in total. The van der Waals surface area contributed by atoms with Gasteiger partial charge < -0.3 is 20.3 Å². The average molecular weight is 550 g/mol. The van der Waals surface area contributed by atoms with Crippen LogP contribution < -0.4 is 15.5 Å². The minimum Gasteiger partial charge on any atom is -0.375 e. The average Bonchev–Trinajstić information content (AvgIpc) is 2.70. The highest BCUT2D eigenvalue weighted by Gasteiger charge is 2.17. The molecule has 0 saturated carbocycles. The molecular weight excluding hydrogens is 524 g/mol. The summed E-state index contributed by atoms with van der Waals surface area (Å²) in [6, 6.07) is 9.60. The first kappa shape index (κ1) is 24.0. The SMILES string of the molecule is CN=C(NCc1ccc(N2CCOC(C)C2)nc1)NCc1ccc(Cl)cc1Cl.I. The third kappa shape index (κ3) is 7.16. The van der Waals surface area contributed by atoms with Gasteiger partial charge >= 0.3 is 0 Å². The predicted octanol–water partition coefficient (Wildman–Crippen LogP) is 4.10. The van der Waals surface area contributed by atoms with Crippen LogP contribution in [0.5, 0.6) is 0 Å². The van der Waals surface area contributed by atoms with Gasteiger partial charge in [0.25, 0.3) is 0 Å². The van der Waals surface area contributed by atoms with Crippen LogP contribution in [0.2, 0.25) is 10.0 Å². The number of halogens is 3. The number of aromatic nitrogens is 1. The van der Waals surface area contributed by atoms with Crippen LogP contribution in [0.25, 0.3) is 0 Å². The van der Waals surface area contributed by atoms with Crippen LogP contribution in [0.3, 0.4) is 0 Å². The zero-order chi connectivity index (χ0) is 19.9. The molecule has 1 unspecified atom stereocenters. The lowest BCUT2D eigenvalue weighted by molar-refractivity contribution is 0.0529. The Kier molecular flexibility index (Phi) is 9.74. The summed E-state index contributed by atoms with van der Waals surface area (Å²) in [5, 5.41) is 7.80. The van der Waals surface area contributed by atoms with Gasteiger partial charge in [-0.05, 0) is 36.2 Å². The van der Waals surface area contributed by atoms with Crippen molar-refractivity contribution < 1.29 is 4.74 Å². The molecule has 1 aliphatic heterocycles. The standard InChI is InChI=1S/C20H25Cl2N5O.HI/c1-14-13-27(7-8-28-14)19-6-3-15(10-24-19)11-25-20(23-2)26-12-16-4-5-17(21)9-18(16)22;/h3-6,9-10,14H,7-8,11-13H2,1-2H3,(H2,23,25,26);1H. The van der Waals surface area contributed by atoms with Gasteiger partial charge in [-0.3, -0.25) is 4.99 Å². The van der Waals surface area contributed by atoms with Crippen molar-refractivity contribution >= 4 is 59.0 Å². The van der Waals surface area contributed by atoms with E-state index in [0.717, 1.165) is 36.6 Å². The van der Waals surface area contributed by atoms with E-state index >= 15 is 0 Å². The Morgan fingerprint density at radius 2 is 2.03 bits per heavy atom.